The van der Waals surface area contributed by atoms with Crippen molar-refractivity contribution in [3.05, 3.63) is 87.9 Å². The van der Waals surface area contributed by atoms with E-state index in [1.807, 2.05) is 42.5 Å². The molecule has 0 bridgehead atoms. The maximum atomic E-state index is 6.24. The van der Waals surface area contributed by atoms with Crippen LogP contribution in [0.4, 0.5) is 5.69 Å². The Labute approximate surface area is 190 Å². The second-order valence-electron chi connectivity index (χ2n) is 6.06. The van der Waals surface area contributed by atoms with Crippen molar-refractivity contribution in [1.29, 1.82) is 0 Å². The van der Waals surface area contributed by atoms with Crippen LogP contribution in [0, 0.1) is 0 Å². The Hall–Kier alpha value is -2.80. The van der Waals surface area contributed by atoms with Gasteiger partial charge in [-0.3, -0.25) is 5.43 Å². The Balaban J connectivity index is 1.72. The zero-order valence-corrected chi connectivity index (χ0v) is 18.4. The van der Waals surface area contributed by atoms with Crippen molar-refractivity contribution in [2.24, 2.45) is 5.10 Å². The van der Waals surface area contributed by atoms with Crippen molar-refractivity contribution in [3.8, 4) is 11.5 Å². The fourth-order valence-corrected chi connectivity index (χ4v) is 3.28. The number of anilines is 1. The molecule has 3 aromatic rings. The van der Waals surface area contributed by atoms with Gasteiger partial charge in [0.2, 0.25) is 0 Å². The zero-order chi connectivity index (χ0) is 21.3. The Bertz CT molecular complexity index is 1030. The van der Waals surface area contributed by atoms with Crippen LogP contribution in [0.3, 0.4) is 0 Å². The van der Waals surface area contributed by atoms with Crippen LogP contribution >= 0.6 is 35.4 Å². The molecule has 8 heteroatoms. The lowest BCUT2D eigenvalue weighted by Crippen LogP contribution is -2.23. The van der Waals surface area contributed by atoms with Gasteiger partial charge in [0.25, 0.3) is 0 Å². The first-order chi connectivity index (χ1) is 14.6. The SMILES string of the molecule is COc1cccc(/C=N/NC(=S)Nc2ccccc2)c1OCc1c(Cl)cccc1Cl. The normalized spacial score (nSPS) is 10.6. The number of halogens is 2. The molecule has 0 aliphatic rings. The number of rotatable bonds is 7. The average molecular weight is 460 g/mol. The summed E-state index contributed by atoms with van der Waals surface area (Å²) in [7, 11) is 1.57. The number of hydrogen-bond donors (Lipinski definition) is 2. The summed E-state index contributed by atoms with van der Waals surface area (Å²) in [5.41, 5.74) is 5.05. The summed E-state index contributed by atoms with van der Waals surface area (Å²) in [6.45, 7) is 0.182. The molecule has 3 aromatic carbocycles. The Kier molecular flexibility index (Phi) is 7.90. The van der Waals surface area contributed by atoms with Gasteiger partial charge in [0.05, 0.1) is 13.3 Å². The van der Waals surface area contributed by atoms with Gasteiger partial charge in [0.15, 0.2) is 16.6 Å². The number of hydrazone groups is 1. The molecule has 0 saturated carbocycles. The summed E-state index contributed by atoms with van der Waals surface area (Å²) in [5.74, 6) is 1.08. The minimum Gasteiger partial charge on any atom is -0.493 e. The molecular formula is C22H19Cl2N3O2S. The number of methoxy groups -OCH3 is 1. The van der Waals surface area contributed by atoms with Gasteiger partial charge >= 0.3 is 0 Å². The first kappa shape index (κ1) is 21.9. The third-order valence-corrected chi connectivity index (χ3v) is 4.95. The van der Waals surface area contributed by atoms with Crippen LogP contribution < -0.4 is 20.2 Å². The third kappa shape index (κ3) is 5.86. The molecule has 0 saturated heterocycles. The second kappa shape index (κ2) is 10.8. The van der Waals surface area contributed by atoms with E-state index in [0.29, 0.717) is 37.8 Å². The largest absolute Gasteiger partial charge is 0.493 e. The smallest absolute Gasteiger partial charge is 0.191 e. The number of thiocarbonyl (C=S) groups is 1. The summed E-state index contributed by atoms with van der Waals surface area (Å²) in [6, 6.07) is 20.4. The lowest BCUT2D eigenvalue weighted by molar-refractivity contribution is 0.284. The van der Waals surface area contributed by atoms with Crippen molar-refractivity contribution in [2.45, 2.75) is 6.61 Å². The Morgan fingerprint density at radius 1 is 1.00 bits per heavy atom. The van der Waals surface area contributed by atoms with E-state index in [1.54, 1.807) is 37.6 Å². The van der Waals surface area contributed by atoms with E-state index in [4.69, 9.17) is 44.9 Å². The van der Waals surface area contributed by atoms with Crippen LogP contribution in [-0.4, -0.2) is 18.4 Å². The van der Waals surface area contributed by atoms with Gasteiger partial charge in [0.1, 0.15) is 6.61 Å². The molecule has 5 nitrogen and oxygen atoms in total. The van der Waals surface area contributed by atoms with E-state index in [2.05, 4.69) is 15.8 Å². The Morgan fingerprint density at radius 2 is 1.70 bits per heavy atom. The van der Waals surface area contributed by atoms with Gasteiger partial charge in [-0.05, 0) is 48.6 Å². The number of nitrogens with one attached hydrogen (secondary N) is 2. The predicted molar refractivity (Wildman–Crippen MR) is 127 cm³/mol. The van der Waals surface area contributed by atoms with Crippen LogP contribution in [0.1, 0.15) is 11.1 Å². The molecule has 0 aromatic heterocycles. The lowest BCUT2D eigenvalue weighted by Gasteiger charge is -2.14. The van der Waals surface area contributed by atoms with E-state index < -0.39 is 0 Å². The van der Waals surface area contributed by atoms with Gasteiger partial charge in [-0.2, -0.15) is 5.10 Å². The molecule has 154 valence electrons. The predicted octanol–water partition coefficient (Wildman–Crippen LogP) is 5.90. The Morgan fingerprint density at radius 3 is 2.40 bits per heavy atom. The van der Waals surface area contributed by atoms with Gasteiger partial charge in [-0.25, -0.2) is 0 Å². The number of hydrogen-bond acceptors (Lipinski definition) is 4. The monoisotopic (exact) mass is 459 g/mol. The molecule has 0 amide bonds. The maximum Gasteiger partial charge on any atom is 0.191 e. The molecule has 0 fully saturated rings. The summed E-state index contributed by atoms with van der Waals surface area (Å²) in [6.07, 6.45) is 1.60. The van der Waals surface area contributed by atoms with Crippen molar-refractivity contribution in [2.75, 3.05) is 12.4 Å². The number of ether oxygens (including phenoxy) is 2. The van der Waals surface area contributed by atoms with E-state index in [0.717, 1.165) is 5.69 Å². The van der Waals surface area contributed by atoms with Crippen molar-refractivity contribution in [1.82, 2.24) is 5.43 Å². The van der Waals surface area contributed by atoms with Gasteiger partial charge in [0, 0.05) is 26.9 Å². The molecule has 0 heterocycles. The highest BCUT2D eigenvalue weighted by atomic mass is 35.5. The highest BCUT2D eigenvalue weighted by molar-refractivity contribution is 7.80. The number of nitrogens with zero attached hydrogens (tertiary/aromatic N) is 1. The van der Waals surface area contributed by atoms with Crippen LogP contribution in [-0.2, 0) is 6.61 Å². The van der Waals surface area contributed by atoms with Gasteiger partial charge in [-0.15, -0.1) is 0 Å². The standard InChI is InChI=1S/C22H19Cl2N3O2S/c1-28-20-12-5-7-15(13-25-27-22(30)26-16-8-3-2-4-9-16)21(20)29-14-17-18(23)10-6-11-19(17)24/h2-13H,14H2,1H3,(H2,26,27,30)/b25-13+. The quantitative estimate of drug-likeness (QED) is 0.261. The average Bonchev–Trinajstić information content (AvgIpc) is 2.74. The summed E-state index contributed by atoms with van der Waals surface area (Å²) >= 11 is 17.7. The van der Waals surface area contributed by atoms with Crippen LogP contribution in [0.5, 0.6) is 11.5 Å². The van der Waals surface area contributed by atoms with E-state index in [9.17, 15) is 0 Å². The van der Waals surface area contributed by atoms with E-state index in [1.165, 1.54) is 0 Å². The van der Waals surface area contributed by atoms with Crippen LogP contribution in [0.2, 0.25) is 10.0 Å². The molecule has 0 spiro atoms. The lowest BCUT2D eigenvalue weighted by atomic mass is 10.2. The molecular weight excluding hydrogens is 441 g/mol. The molecule has 3 rings (SSSR count). The first-order valence-electron chi connectivity index (χ1n) is 8.96. The maximum absolute atomic E-state index is 6.24. The molecule has 0 atom stereocenters. The zero-order valence-electron chi connectivity index (χ0n) is 16.1. The highest BCUT2D eigenvalue weighted by Crippen LogP contribution is 2.32. The highest BCUT2D eigenvalue weighted by Gasteiger charge is 2.12. The molecule has 2 N–H and O–H groups in total. The fourth-order valence-electron chi connectivity index (χ4n) is 2.61. The topological polar surface area (TPSA) is 54.9 Å². The number of para-hydroxylation sites is 2. The molecule has 30 heavy (non-hydrogen) atoms. The minimum atomic E-state index is 0.182. The molecule has 0 aliphatic heterocycles. The van der Waals surface area contributed by atoms with Crippen LogP contribution in [0.25, 0.3) is 0 Å². The third-order valence-electron chi connectivity index (χ3n) is 4.05. The van der Waals surface area contributed by atoms with Gasteiger partial charge < -0.3 is 14.8 Å². The minimum absolute atomic E-state index is 0.182. The van der Waals surface area contributed by atoms with Gasteiger partial charge in [-0.1, -0.05) is 53.5 Å². The molecule has 0 radical (unpaired) electrons. The van der Waals surface area contributed by atoms with E-state index in [-0.39, 0.29) is 6.61 Å². The summed E-state index contributed by atoms with van der Waals surface area (Å²) in [5, 5.41) is 8.68. The van der Waals surface area contributed by atoms with Crippen molar-refractivity contribution >= 4 is 52.4 Å². The second-order valence-corrected chi connectivity index (χ2v) is 7.28. The summed E-state index contributed by atoms with van der Waals surface area (Å²) in [4.78, 5) is 0. The summed E-state index contributed by atoms with van der Waals surface area (Å²) < 4.78 is 11.4. The number of benzene rings is 3. The molecule has 0 aliphatic carbocycles. The molecule has 0 unspecified atom stereocenters. The van der Waals surface area contributed by atoms with E-state index >= 15 is 0 Å². The van der Waals surface area contributed by atoms with Crippen molar-refractivity contribution in [3.63, 3.8) is 0 Å². The first-order valence-corrected chi connectivity index (χ1v) is 10.1. The fraction of sp³-hybridized carbons (Fsp3) is 0.0909. The van der Waals surface area contributed by atoms with Crippen LogP contribution in [0.15, 0.2) is 71.8 Å². The van der Waals surface area contributed by atoms with Crippen molar-refractivity contribution < 1.29 is 9.47 Å².